The van der Waals surface area contributed by atoms with Crippen molar-refractivity contribution in [2.75, 3.05) is 39.0 Å². The number of likely N-dealkylation sites (tertiary alicyclic amines) is 1. The third-order valence-electron chi connectivity index (χ3n) is 5.52. The third kappa shape index (κ3) is 5.18. The van der Waals surface area contributed by atoms with E-state index in [-0.39, 0.29) is 5.91 Å². The number of anilines is 1. The molecule has 0 bridgehead atoms. The standard InChI is InChI=1S/C20H32N4O/c1-23(2)20(25)17-10-11-19(21-13-17)22-18-9-6-12-24(15-18)14-16-7-4-3-5-8-16/h10-11,13,16,18H,3-9,12,14-15H2,1-2H3,(H,21,22)/t18-/m0/s1. The molecule has 25 heavy (non-hydrogen) atoms. The number of aromatic nitrogens is 1. The van der Waals surface area contributed by atoms with Gasteiger partial charge in [-0.15, -0.1) is 0 Å². The van der Waals surface area contributed by atoms with E-state index >= 15 is 0 Å². The lowest BCUT2D eigenvalue weighted by Gasteiger charge is -2.36. The summed E-state index contributed by atoms with van der Waals surface area (Å²) in [5.41, 5.74) is 0.637. The Labute approximate surface area is 151 Å². The zero-order chi connectivity index (χ0) is 17.6. The molecule has 1 aromatic rings. The highest BCUT2D eigenvalue weighted by Gasteiger charge is 2.23. The lowest BCUT2D eigenvalue weighted by molar-refractivity contribution is 0.0827. The first-order chi connectivity index (χ1) is 12.1. The zero-order valence-corrected chi connectivity index (χ0v) is 15.7. The highest BCUT2D eigenvalue weighted by molar-refractivity contribution is 5.93. The van der Waals surface area contributed by atoms with Crippen molar-refractivity contribution in [3.63, 3.8) is 0 Å². The molecule has 2 aliphatic rings. The van der Waals surface area contributed by atoms with Crippen LogP contribution in [-0.4, -0.2) is 60.5 Å². The molecule has 1 aromatic heterocycles. The summed E-state index contributed by atoms with van der Waals surface area (Å²) in [7, 11) is 3.52. The van der Waals surface area contributed by atoms with E-state index in [1.807, 2.05) is 12.1 Å². The number of carbonyl (C=O) groups excluding carboxylic acids is 1. The maximum atomic E-state index is 11.9. The molecular weight excluding hydrogens is 312 g/mol. The molecule has 2 heterocycles. The Hall–Kier alpha value is -1.62. The van der Waals surface area contributed by atoms with E-state index in [9.17, 15) is 4.79 Å². The largest absolute Gasteiger partial charge is 0.366 e. The molecule has 1 saturated heterocycles. The van der Waals surface area contributed by atoms with Gasteiger partial charge in [0.05, 0.1) is 5.56 Å². The van der Waals surface area contributed by atoms with Gasteiger partial charge in [0, 0.05) is 39.4 Å². The highest BCUT2D eigenvalue weighted by atomic mass is 16.2. The number of hydrogen-bond donors (Lipinski definition) is 1. The Morgan fingerprint density at radius 3 is 2.68 bits per heavy atom. The van der Waals surface area contributed by atoms with Crippen LogP contribution in [0.4, 0.5) is 5.82 Å². The SMILES string of the molecule is CN(C)C(=O)c1ccc(N[C@H]2CCCN(CC3CCCCC3)C2)nc1. The van der Waals surface area contributed by atoms with Crippen LogP contribution in [-0.2, 0) is 0 Å². The van der Waals surface area contributed by atoms with Crippen LogP contribution in [0.15, 0.2) is 18.3 Å². The zero-order valence-electron chi connectivity index (χ0n) is 15.7. The van der Waals surface area contributed by atoms with Crippen molar-refractivity contribution in [3.8, 4) is 0 Å². The number of hydrogen-bond acceptors (Lipinski definition) is 4. The maximum Gasteiger partial charge on any atom is 0.254 e. The molecule has 1 aliphatic heterocycles. The number of piperidine rings is 1. The fraction of sp³-hybridized carbons (Fsp3) is 0.700. The lowest BCUT2D eigenvalue weighted by Crippen LogP contribution is -2.44. The van der Waals surface area contributed by atoms with Crippen LogP contribution in [0, 0.1) is 5.92 Å². The van der Waals surface area contributed by atoms with Crippen molar-refractivity contribution in [2.24, 2.45) is 5.92 Å². The molecule has 0 radical (unpaired) electrons. The topological polar surface area (TPSA) is 48.5 Å². The van der Waals surface area contributed by atoms with E-state index in [1.165, 1.54) is 58.0 Å². The molecule has 2 fully saturated rings. The second kappa shape index (κ2) is 8.65. The van der Waals surface area contributed by atoms with Crippen LogP contribution in [0.1, 0.15) is 55.3 Å². The van der Waals surface area contributed by atoms with Gasteiger partial charge in [0.2, 0.25) is 0 Å². The summed E-state index contributed by atoms with van der Waals surface area (Å²) in [6.07, 6.45) is 11.2. The second-order valence-electron chi connectivity index (χ2n) is 7.88. The van der Waals surface area contributed by atoms with Gasteiger partial charge in [0.15, 0.2) is 0 Å². The third-order valence-corrected chi connectivity index (χ3v) is 5.52. The van der Waals surface area contributed by atoms with Crippen molar-refractivity contribution in [2.45, 2.75) is 51.0 Å². The van der Waals surface area contributed by atoms with Gasteiger partial charge < -0.3 is 15.1 Å². The molecule has 1 saturated carbocycles. The summed E-state index contributed by atoms with van der Waals surface area (Å²) in [6.45, 7) is 3.61. The first-order valence-corrected chi connectivity index (χ1v) is 9.78. The fourth-order valence-electron chi connectivity index (χ4n) is 4.15. The number of nitrogens with one attached hydrogen (secondary N) is 1. The lowest BCUT2D eigenvalue weighted by atomic mass is 9.88. The fourth-order valence-corrected chi connectivity index (χ4v) is 4.15. The van der Waals surface area contributed by atoms with Crippen molar-refractivity contribution in [1.29, 1.82) is 0 Å². The van der Waals surface area contributed by atoms with Crippen LogP contribution in [0.25, 0.3) is 0 Å². The molecule has 5 heteroatoms. The van der Waals surface area contributed by atoms with Crippen molar-refractivity contribution in [1.82, 2.24) is 14.8 Å². The van der Waals surface area contributed by atoms with E-state index in [0.29, 0.717) is 11.6 Å². The second-order valence-corrected chi connectivity index (χ2v) is 7.88. The Morgan fingerprint density at radius 2 is 2.00 bits per heavy atom. The van der Waals surface area contributed by atoms with Crippen LogP contribution < -0.4 is 5.32 Å². The number of nitrogens with zero attached hydrogens (tertiary/aromatic N) is 3. The minimum Gasteiger partial charge on any atom is -0.366 e. The number of pyridine rings is 1. The van der Waals surface area contributed by atoms with Crippen molar-refractivity contribution in [3.05, 3.63) is 23.9 Å². The maximum absolute atomic E-state index is 11.9. The molecule has 1 aliphatic carbocycles. The molecule has 0 unspecified atom stereocenters. The van der Waals surface area contributed by atoms with E-state index in [1.54, 1.807) is 25.2 Å². The monoisotopic (exact) mass is 344 g/mol. The van der Waals surface area contributed by atoms with E-state index in [4.69, 9.17) is 0 Å². The summed E-state index contributed by atoms with van der Waals surface area (Å²) < 4.78 is 0. The van der Waals surface area contributed by atoms with Crippen LogP contribution >= 0.6 is 0 Å². The predicted molar refractivity (Wildman–Crippen MR) is 102 cm³/mol. The molecule has 138 valence electrons. The molecule has 3 rings (SSSR count). The molecule has 0 aromatic carbocycles. The minimum atomic E-state index is -0.00428. The summed E-state index contributed by atoms with van der Waals surface area (Å²) >= 11 is 0. The molecule has 1 atom stereocenters. The molecular formula is C20H32N4O. The van der Waals surface area contributed by atoms with Gasteiger partial charge in [-0.2, -0.15) is 0 Å². The molecule has 1 N–H and O–H groups in total. The smallest absolute Gasteiger partial charge is 0.254 e. The summed E-state index contributed by atoms with van der Waals surface area (Å²) in [6, 6.07) is 4.25. The van der Waals surface area contributed by atoms with Gasteiger partial charge in [-0.05, 0) is 50.3 Å². The van der Waals surface area contributed by atoms with Gasteiger partial charge in [-0.1, -0.05) is 19.3 Å². The first kappa shape index (κ1) is 18.2. The molecule has 0 spiro atoms. The van der Waals surface area contributed by atoms with Crippen LogP contribution in [0.2, 0.25) is 0 Å². The van der Waals surface area contributed by atoms with E-state index in [2.05, 4.69) is 15.2 Å². The molecule has 5 nitrogen and oxygen atoms in total. The average molecular weight is 345 g/mol. The predicted octanol–water partition coefficient (Wildman–Crippen LogP) is 3.24. The quantitative estimate of drug-likeness (QED) is 0.891. The Morgan fingerprint density at radius 1 is 1.20 bits per heavy atom. The Bertz CT molecular complexity index is 551. The van der Waals surface area contributed by atoms with Gasteiger partial charge in [0.1, 0.15) is 5.82 Å². The summed E-state index contributed by atoms with van der Waals surface area (Å²) in [5, 5.41) is 3.57. The van der Waals surface area contributed by atoms with Crippen molar-refractivity contribution < 1.29 is 4.79 Å². The highest BCUT2D eigenvalue weighted by Crippen LogP contribution is 2.26. The van der Waals surface area contributed by atoms with Crippen LogP contribution in [0.3, 0.4) is 0 Å². The van der Waals surface area contributed by atoms with Gasteiger partial charge in [-0.3, -0.25) is 4.79 Å². The number of carbonyl (C=O) groups is 1. The number of rotatable bonds is 5. The normalized spacial score (nSPS) is 22.6. The minimum absolute atomic E-state index is 0.00428. The summed E-state index contributed by atoms with van der Waals surface area (Å²) in [4.78, 5) is 20.6. The van der Waals surface area contributed by atoms with Gasteiger partial charge >= 0.3 is 0 Å². The van der Waals surface area contributed by atoms with E-state index < -0.39 is 0 Å². The average Bonchev–Trinajstić information content (AvgIpc) is 2.63. The van der Waals surface area contributed by atoms with Crippen LogP contribution in [0.5, 0.6) is 0 Å². The first-order valence-electron chi connectivity index (χ1n) is 9.78. The summed E-state index contributed by atoms with van der Waals surface area (Å²) in [5.74, 6) is 1.78. The Balaban J connectivity index is 1.51. The van der Waals surface area contributed by atoms with Gasteiger partial charge in [0.25, 0.3) is 5.91 Å². The Kier molecular flexibility index (Phi) is 6.29. The number of amides is 1. The van der Waals surface area contributed by atoms with E-state index in [0.717, 1.165) is 18.3 Å². The molecule has 1 amide bonds. The van der Waals surface area contributed by atoms with Gasteiger partial charge in [-0.25, -0.2) is 4.98 Å². The van der Waals surface area contributed by atoms with Crippen molar-refractivity contribution >= 4 is 11.7 Å².